The van der Waals surface area contributed by atoms with E-state index in [0.29, 0.717) is 16.5 Å². The van der Waals surface area contributed by atoms with E-state index >= 15 is 0 Å². The maximum absolute atomic E-state index is 14.1. The van der Waals surface area contributed by atoms with Crippen molar-refractivity contribution in [2.45, 2.75) is 26.4 Å². The average molecular weight is 385 g/mol. The Morgan fingerprint density at radius 3 is 2.56 bits per heavy atom. The summed E-state index contributed by atoms with van der Waals surface area (Å²) in [5.41, 5.74) is 1.55. The molecule has 138 valence electrons. The van der Waals surface area contributed by atoms with Gasteiger partial charge in [0, 0.05) is 24.2 Å². The van der Waals surface area contributed by atoms with Gasteiger partial charge in [-0.05, 0) is 67.8 Å². The minimum atomic E-state index is -1.63. The standard InChI is InChI=1S/C20H18ClFN4O/c1-12-11-25-18(10-15(12)13-4-7-24-17(21)9-13)26-19(27)14-5-6-23-16(8-14)20(2,3)22/h4-11H,1-3H3,(H,25,26,27). The number of hydrogen-bond donors (Lipinski definition) is 1. The molecule has 0 aliphatic carbocycles. The van der Waals surface area contributed by atoms with E-state index in [1.165, 1.54) is 32.2 Å². The molecule has 0 unspecified atom stereocenters. The third-order valence-corrected chi connectivity index (χ3v) is 4.22. The number of alkyl halides is 1. The van der Waals surface area contributed by atoms with Gasteiger partial charge in [-0.2, -0.15) is 0 Å². The van der Waals surface area contributed by atoms with E-state index in [1.807, 2.05) is 13.0 Å². The fourth-order valence-corrected chi connectivity index (χ4v) is 2.73. The highest BCUT2D eigenvalue weighted by Gasteiger charge is 2.22. The van der Waals surface area contributed by atoms with Crippen LogP contribution in [0.3, 0.4) is 0 Å². The lowest BCUT2D eigenvalue weighted by Gasteiger charge is -2.14. The van der Waals surface area contributed by atoms with Gasteiger partial charge in [-0.15, -0.1) is 0 Å². The van der Waals surface area contributed by atoms with Gasteiger partial charge < -0.3 is 5.32 Å². The van der Waals surface area contributed by atoms with Gasteiger partial charge in [-0.1, -0.05) is 11.6 Å². The SMILES string of the molecule is Cc1cnc(NC(=O)c2ccnc(C(C)(C)F)c2)cc1-c1ccnc(Cl)c1. The van der Waals surface area contributed by atoms with Crippen molar-refractivity contribution >= 4 is 23.3 Å². The molecule has 3 aromatic heterocycles. The number of nitrogens with one attached hydrogen (secondary N) is 1. The van der Waals surface area contributed by atoms with Gasteiger partial charge in [-0.3, -0.25) is 9.78 Å². The number of amides is 1. The predicted octanol–water partition coefficient (Wildman–Crippen LogP) is 4.96. The van der Waals surface area contributed by atoms with E-state index < -0.39 is 11.6 Å². The second-order valence-electron chi connectivity index (χ2n) is 6.61. The molecule has 0 bridgehead atoms. The van der Waals surface area contributed by atoms with Crippen LogP contribution < -0.4 is 5.32 Å². The fourth-order valence-electron chi connectivity index (χ4n) is 2.56. The first-order valence-electron chi connectivity index (χ1n) is 8.29. The highest BCUT2D eigenvalue weighted by molar-refractivity contribution is 6.29. The maximum Gasteiger partial charge on any atom is 0.256 e. The van der Waals surface area contributed by atoms with Crippen molar-refractivity contribution in [1.29, 1.82) is 0 Å². The van der Waals surface area contributed by atoms with Crippen LogP contribution in [0.25, 0.3) is 11.1 Å². The predicted molar refractivity (Wildman–Crippen MR) is 104 cm³/mol. The van der Waals surface area contributed by atoms with Crippen LogP contribution in [0, 0.1) is 6.92 Å². The van der Waals surface area contributed by atoms with E-state index in [-0.39, 0.29) is 5.69 Å². The summed E-state index contributed by atoms with van der Waals surface area (Å²) in [6.07, 6.45) is 4.70. The van der Waals surface area contributed by atoms with Crippen molar-refractivity contribution in [2.75, 3.05) is 5.32 Å². The lowest BCUT2D eigenvalue weighted by atomic mass is 10.0. The van der Waals surface area contributed by atoms with Crippen molar-refractivity contribution < 1.29 is 9.18 Å². The molecule has 0 saturated heterocycles. The molecule has 0 saturated carbocycles. The number of rotatable bonds is 4. The molecule has 27 heavy (non-hydrogen) atoms. The molecule has 1 amide bonds. The lowest BCUT2D eigenvalue weighted by molar-refractivity contribution is 0.102. The second kappa shape index (κ2) is 7.40. The number of aryl methyl sites for hydroxylation is 1. The maximum atomic E-state index is 14.1. The molecule has 3 aromatic rings. The molecule has 3 rings (SSSR count). The first-order valence-corrected chi connectivity index (χ1v) is 8.67. The molecule has 7 heteroatoms. The smallest absolute Gasteiger partial charge is 0.256 e. The Morgan fingerprint density at radius 2 is 1.85 bits per heavy atom. The zero-order valence-corrected chi connectivity index (χ0v) is 15.9. The van der Waals surface area contributed by atoms with Gasteiger partial charge in [0.25, 0.3) is 5.91 Å². The summed E-state index contributed by atoms with van der Waals surface area (Å²) in [6.45, 7) is 4.70. The molecule has 5 nitrogen and oxygen atoms in total. The van der Waals surface area contributed by atoms with Crippen LogP contribution in [0.1, 0.15) is 35.5 Å². The Hall–Kier alpha value is -2.86. The summed E-state index contributed by atoms with van der Waals surface area (Å²) in [5, 5.41) is 3.12. The number of aromatic nitrogens is 3. The summed E-state index contributed by atoms with van der Waals surface area (Å²) >= 11 is 5.97. The largest absolute Gasteiger partial charge is 0.307 e. The van der Waals surface area contributed by atoms with E-state index in [2.05, 4.69) is 20.3 Å². The highest BCUT2D eigenvalue weighted by Crippen LogP contribution is 2.27. The lowest BCUT2D eigenvalue weighted by Crippen LogP contribution is -2.17. The van der Waals surface area contributed by atoms with Gasteiger partial charge in [0.2, 0.25) is 0 Å². The summed E-state index contributed by atoms with van der Waals surface area (Å²) in [5.74, 6) is -0.00984. The first-order chi connectivity index (χ1) is 12.7. The summed E-state index contributed by atoms with van der Waals surface area (Å²) < 4.78 is 14.1. The molecule has 3 heterocycles. The van der Waals surface area contributed by atoms with Crippen molar-refractivity contribution in [3.63, 3.8) is 0 Å². The van der Waals surface area contributed by atoms with E-state index in [0.717, 1.165) is 16.7 Å². The summed E-state index contributed by atoms with van der Waals surface area (Å²) in [7, 11) is 0. The molecule has 0 spiro atoms. The van der Waals surface area contributed by atoms with Crippen molar-refractivity contribution in [1.82, 2.24) is 15.0 Å². The minimum absolute atomic E-state index is 0.194. The first kappa shape index (κ1) is 18.9. The van der Waals surface area contributed by atoms with Gasteiger partial charge in [0.15, 0.2) is 0 Å². The van der Waals surface area contributed by atoms with Crippen molar-refractivity contribution in [3.8, 4) is 11.1 Å². The van der Waals surface area contributed by atoms with E-state index in [1.54, 1.807) is 24.5 Å². The average Bonchev–Trinajstić information content (AvgIpc) is 2.62. The van der Waals surface area contributed by atoms with Gasteiger partial charge in [0.1, 0.15) is 16.6 Å². The molecule has 0 aliphatic heterocycles. The molecule has 1 N–H and O–H groups in total. The van der Waals surface area contributed by atoms with Gasteiger partial charge in [-0.25, -0.2) is 14.4 Å². The Morgan fingerprint density at radius 1 is 1.11 bits per heavy atom. The summed E-state index contributed by atoms with van der Waals surface area (Å²) in [4.78, 5) is 24.8. The third kappa shape index (κ3) is 4.46. The third-order valence-electron chi connectivity index (χ3n) is 4.01. The Bertz CT molecular complexity index is 1000. The minimum Gasteiger partial charge on any atom is -0.307 e. The molecule has 0 aromatic carbocycles. The number of hydrogen-bond acceptors (Lipinski definition) is 4. The van der Waals surface area contributed by atoms with E-state index in [4.69, 9.17) is 11.6 Å². The fraction of sp³-hybridized carbons (Fsp3) is 0.200. The van der Waals surface area contributed by atoms with Crippen molar-refractivity contribution in [3.05, 3.63) is 70.9 Å². The van der Waals surface area contributed by atoms with E-state index in [9.17, 15) is 9.18 Å². The summed E-state index contributed by atoms with van der Waals surface area (Å²) in [6, 6.07) is 8.31. The molecule has 0 radical (unpaired) electrons. The zero-order chi connectivity index (χ0) is 19.6. The number of carbonyl (C=O) groups is 1. The van der Waals surface area contributed by atoms with Crippen LogP contribution >= 0.6 is 11.6 Å². The Balaban J connectivity index is 1.88. The van der Waals surface area contributed by atoms with Crippen LogP contribution in [0.4, 0.5) is 10.2 Å². The van der Waals surface area contributed by atoms with Gasteiger partial charge >= 0.3 is 0 Å². The number of carbonyl (C=O) groups excluding carboxylic acids is 1. The van der Waals surface area contributed by atoms with Crippen LogP contribution in [0.5, 0.6) is 0 Å². The van der Waals surface area contributed by atoms with Crippen molar-refractivity contribution in [2.24, 2.45) is 0 Å². The zero-order valence-electron chi connectivity index (χ0n) is 15.1. The molecule has 0 atom stereocenters. The van der Waals surface area contributed by atoms with Crippen LogP contribution in [-0.4, -0.2) is 20.9 Å². The molecule has 0 fully saturated rings. The van der Waals surface area contributed by atoms with Crippen LogP contribution in [0.2, 0.25) is 5.15 Å². The van der Waals surface area contributed by atoms with Crippen LogP contribution in [0.15, 0.2) is 48.9 Å². The number of halogens is 2. The number of anilines is 1. The monoisotopic (exact) mass is 384 g/mol. The molecule has 0 aliphatic rings. The quantitative estimate of drug-likeness (QED) is 0.646. The molecular weight excluding hydrogens is 367 g/mol. The Labute approximate surface area is 161 Å². The normalized spacial score (nSPS) is 11.3. The Kier molecular flexibility index (Phi) is 5.19. The number of pyridine rings is 3. The highest BCUT2D eigenvalue weighted by atomic mass is 35.5. The van der Waals surface area contributed by atoms with Crippen LogP contribution in [-0.2, 0) is 5.67 Å². The second-order valence-corrected chi connectivity index (χ2v) is 7.00. The topological polar surface area (TPSA) is 67.8 Å². The molecular formula is C20H18ClFN4O. The number of nitrogens with zero attached hydrogens (tertiary/aromatic N) is 3. The van der Waals surface area contributed by atoms with Gasteiger partial charge in [0.05, 0.1) is 5.69 Å².